The minimum atomic E-state index is 0.913. The largest absolute Gasteiger partial charge is 0.379 e. The van der Waals surface area contributed by atoms with Crippen molar-refractivity contribution in [2.75, 3.05) is 73.6 Å². The minimum Gasteiger partial charge on any atom is -0.379 e. The number of piperidine rings is 1. The molecule has 0 saturated carbocycles. The van der Waals surface area contributed by atoms with Crippen molar-refractivity contribution in [2.24, 2.45) is 0 Å². The number of likely N-dealkylation sites (tertiary alicyclic amines) is 2. The van der Waals surface area contributed by atoms with Crippen molar-refractivity contribution < 1.29 is 4.74 Å². The monoisotopic (exact) mass is 394 g/mol. The summed E-state index contributed by atoms with van der Waals surface area (Å²) >= 11 is 0. The highest BCUT2D eigenvalue weighted by atomic mass is 16.5. The van der Waals surface area contributed by atoms with E-state index in [0.29, 0.717) is 0 Å². The lowest BCUT2D eigenvalue weighted by atomic mass is 10.1. The lowest BCUT2D eigenvalue weighted by Gasteiger charge is -2.21. The number of hydrogen-bond acceptors (Lipinski definition) is 5. The third kappa shape index (κ3) is 18.4. The van der Waals surface area contributed by atoms with Gasteiger partial charge in [-0.3, -0.25) is 4.98 Å². The van der Waals surface area contributed by atoms with Crippen LogP contribution in [0.25, 0.3) is 0 Å². The molecule has 0 spiro atoms. The Morgan fingerprint density at radius 1 is 0.571 bits per heavy atom. The van der Waals surface area contributed by atoms with Gasteiger partial charge in [-0.25, -0.2) is 0 Å². The molecule has 28 heavy (non-hydrogen) atoms. The van der Waals surface area contributed by atoms with E-state index >= 15 is 0 Å². The maximum absolute atomic E-state index is 5.10. The van der Waals surface area contributed by atoms with Crippen LogP contribution in [-0.4, -0.2) is 93.3 Å². The summed E-state index contributed by atoms with van der Waals surface area (Å²) < 4.78 is 5.10. The van der Waals surface area contributed by atoms with Crippen LogP contribution in [-0.2, 0) is 4.74 Å². The van der Waals surface area contributed by atoms with E-state index in [4.69, 9.17) is 4.74 Å². The Balaban J connectivity index is 0.000000338. The van der Waals surface area contributed by atoms with Crippen LogP contribution in [0.3, 0.4) is 0 Å². The highest BCUT2D eigenvalue weighted by molar-refractivity contribution is 4.88. The van der Waals surface area contributed by atoms with Crippen LogP contribution in [0.1, 0.15) is 46.0 Å². The van der Waals surface area contributed by atoms with Gasteiger partial charge in [0, 0.05) is 25.5 Å². The predicted molar refractivity (Wildman–Crippen MR) is 122 cm³/mol. The van der Waals surface area contributed by atoms with Crippen LogP contribution in [0.15, 0.2) is 30.6 Å². The Kier molecular flexibility index (Phi) is 20.0. The van der Waals surface area contributed by atoms with Crippen molar-refractivity contribution in [3.8, 4) is 0 Å². The highest BCUT2D eigenvalue weighted by Gasteiger charge is 2.03. The van der Waals surface area contributed by atoms with Gasteiger partial charge in [0.05, 0.1) is 13.2 Å². The Labute approximate surface area is 175 Å². The Morgan fingerprint density at radius 2 is 0.964 bits per heavy atom. The van der Waals surface area contributed by atoms with E-state index in [9.17, 15) is 0 Å². The van der Waals surface area contributed by atoms with Crippen molar-refractivity contribution >= 4 is 0 Å². The molecule has 0 amide bonds. The number of hydrogen-bond donors (Lipinski definition) is 0. The second-order valence-electron chi connectivity index (χ2n) is 7.31. The van der Waals surface area contributed by atoms with Crippen molar-refractivity contribution in [1.82, 2.24) is 19.7 Å². The van der Waals surface area contributed by atoms with Gasteiger partial charge in [0.25, 0.3) is 0 Å². The molecule has 0 atom stereocenters. The summed E-state index contributed by atoms with van der Waals surface area (Å²) in [4.78, 5) is 10.8. The summed E-state index contributed by atoms with van der Waals surface area (Å²) in [6.45, 7) is 13.3. The van der Waals surface area contributed by atoms with Crippen molar-refractivity contribution in [3.05, 3.63) is 30.6 Å². The highest BCUT2D eigenvalue weighted by Crippen LogP contribution is 2.04. The van der Waals surface area contributed by atoms with E-state index in [0.717, 1.165) is 26.3 Å². The summed E-state index contributed by atoms with van der Waals surface area (Å²) in [7, 11) is 6.48. The molecule has 0 aromatic carbocycles. The van der Waals surface area contributed by atoms with Crippen LogP contribution in [0.5, 0.6) is 0 Å². The first-order chi connectivity index (χ1) is 13.7. The molecule has 0 radical (unpaired) electrons. The number of nitrogens with zero attached hydrogens (tertiary/aromatic N) is 4. The minimum absolute atomic E-state index is 0.913. The molecule has 1 aromatic heterocycles. The summed E-state index contributed by atoms with van der Waals surface area (Å²) in [6, 6.07) is 5.72. The normalized spacial score (nSPS) is 20.0. The fourth-order valence-electron chi connectivity index (χ4n) is 2.89. The lowest BCUT2D eigenvalue weighted by Crippen LogP contribution is -2.32. The van der Waals surface area contributed by atoms with Gasteiger partial charge in [0.1, 0.15) is 0 Å². The van der Waals surface area contributed by atoms with Gasteiger partial charge >= 0.3 is 0 Å². The zero-order valence-electron chi connectivity index (χ0n) is 19.3. The molecule has 0 bridgehead atoms. The Hall–Kier alpha value is -1.01. The van der Waals surface area contributed by atoms with Gasteiger partial charge in [-0.15, -0.1) is 0 Å². The second-order valence-corrected chi connectivity index (χ2v) is 7.31. The molecule has 4 heterocycles. The number of pyridine rings is 1. The van der Waals surface area contributed by atoms with Gasteiger partial charge in [0.15, 0.2) is 0 Å². The third-order valence-corrected chi connectivity index (χ3v) is 4.71. The van der Waals surface area contributed by atoms with E-state index in [1.54, 1.807) is 12.4 Å². The number of rotatable bonds is 0. The first-order valence-electron chi connectivity index (χ1n) is 11.2. The molecule has 5 nitrogen and oxygen atoms in total. The summed E-state index contributed by atoms with van der Waals surface area (Å²) in [5, 5.41) is 0. The molecular weight excluding hydrogens is 348 g/mol. The van der Waals surface area contributed by atoms with E-state index in [1.807, 2.05) is 32.0 Å². The molecule has 4 rings (SSSR count). The fraction of sp³-hybridized carbons (Fsp3) is 0.783. The molecule has 0 N–H and O–H groups in total. The van der Waals surface area contributed by atoms with Gasteiger partial charge in [0.2, 0.25) is 0 Å². The standard InChI is InChI=1S/C6H13N.C5H11NO.C5H11N.C5H5N.C2H6/c1-7-5-3-2-4-6-7;1-6-2-4-7-5-3-6;1-6-4-2-3-5-6;1-2-4-6-5-3-1;1-2/h2-6H2,1H3;2-5H2,1H3;2-5H2,1H3;1-5H;1-2H3. The average Bonchev–Trinajstić information content (AvgIpc) is 3.24. The molecule has 3 saturated heterocycles. The second kappa shape index (κ2) is 20.7. The van der Waals surface area contributed by atoms with Gasteiger partial charge in [-0.05, 0) is 85.1 Å². The Morgan fingerprint density at radius 3 is 1.14 bits per heavy atom. The molecule has 0 aliphatic carbocycles. The molecule has 3 aliphatic rings. The van der Waals surface area contributed by atoms with Crippen LogP contribution in [0.2, 0.25) is 0 Å². The predicted octanol–water partition coefficient (Wildman–Crippen LogP) is 3.87. The Bertz CT molecular complexity index is 344. The van der Waals surface area contributed by atoms with Gasteiger partial charge in [-0.1, -0.05) is 26.3 Å². The first kappa shape index (κ1) is 27.0. The van der Waals surface area contributed by atoms with E-state index in [-0.39, 0.29) is 0 Å². The molecule has 0 unspecified atom stereocenters. The quantitative estimate of drug-likeness (QED) is 0.667. The number of morpholine rings is 1. The summed E-state index contributed by atoms with van der Waals surface area (Å²) in [6.07, 6.45) is 10.6. The topological polar surface area (TPSA) is 31.8 Å². The molecule has 164 valence electrons. The number of likely N-dealkylation sites (N-methyl/N-ethyl adjacent to an activating group) is 1. The summed E-state index contributed by atoms with van der Waals surface area (Å²) in [5.41, 5.74) is 0. The maximum atomic E-state index is 5.10. The lowest BCUT2D eigenvalue weighted by molar-refractivity contribution is 0.0503. The van der Waals surface area contributed by atoms with E-state index < -0.39 is 0 Å². The summed E-state index contributed by atoms with van der Waals surface area (Å²) in [5.74, 6) is 0. The molecule has 3 aliphatic heterocycles. The molecule has 1 aromatic rings. The molecular formula is C23H46N4O. The van der Waals surface area contributed by atoms with Gasteiger partial charge < -0.3 is 19.4 Å². The third-order valence-electron chi connectivity index (χ3n) is 4.71. The van der Waals surface area contributed by atoms with Crippen LogP contribution in [0.4, 0.5) is 0 Å². The zero-order valence-corrected chi connectivity index (χ0v) is 19.3. The SMILES string of the molecule is CC.CN1CCCC1.CN1CCCCC1.CN1CCOCC1.c1ccncc1. The van der Waals surface area contributed by atoms with Crippen molar-refractivity contribution in [2.45, 2.75) is 46.0 Å². The molecule has 5 heteroatoms. The van der Waals surface area contributed by atoms with Crippen molar-refractivity contribution in [3.63, 3.8) is 0 Å². The first-order valence-corrected chi connectivity index (χ1v) is 11.2. The maximum Gasteiger partial charge on any atom is 0.0594 e. The smallest absolute Gasteiger partial charge is 0.0594 e. The van der Waals surface area contributed by atoms with Crippen molar-refractivity contribution in [1.29, 1.82) is 0 Å². The van der Waals surface area contributed by atoms with Crippen LogP contribution < -0.4 is 0 Å². The zero-order chi connectivity index (χ0) is 20.9. The van der Waals surface area contributed by atoms with E-state index in [2.05, 4.69) is 40.8 Å². The van der Waals surface area contributed by atoms with E-state index in [1.165, 1.54) is 58.3 Å². The number of aromatic nitrogens is 1. The van der Waals surface area contributed by atoms with Gasteiger partial charge in [-0.2, -0.15) is 0 Å². The van der Waals surface area contributed by atoms with Crippen LogP contribution in [0, 0.1) is 0 Å². The molecule has 3 fully saturated rings. The fourth-order valence-corrected chi connectivity index (χ4v) is 2.89. The average molecular weight is 395 g/mol. The van der Waals surface area contributed by atoms with Crippen LogP contribution >= 0.6 is 0 Å². The number of ether oxygens (including phenoxy) is 1.